The van der Waals surface area contributed by atoms with E-state index in [0.29, 0.717) is 8.14 Å². The van der Waals surface area contributed by atoms with E-state index in [1.807, 2.05) is 22.6 Å². The first-order valence-electron chi connectivity index (χ1n) is 6.63. The van der Waals surface area contributed by atoms with Crippen molar-refractivity contribution in [2.45, 2.75) is 6.61 Å². The summed E-state index contributed by atoms with van der Waals surface area (Å²) in [5.41, 5.74) is -4.51. The van der Waals surface area contributed by atoms with Crippen molar-refractivity contribution in [2.24, 2.45) is 0 Å². The average molecular weight is 465 g/mol. The number of fused-ring (bicyclic) bond motifs is 1. The van der Waals surface area contributed by atoms with Crippen molar-refractivity contribution in [2.75, 3.05) is 0 Å². The van der Waals surface area contributed by atoms with Crippen molar-refractivity contribution in [1.29, 1.82) is 0 Å². The van der Waals surface area contributed by atoms with Crippen LogP contribution in [0.2, 0.25) is 0 Å². The summed E-state index contributed by atoms with van der Waals surface area (Å²) >= 11 is 1.82. The molecular formula is C14H7F3IN3O4. The highest BCUT2D eigenvalue weighted by atomic mass is 127. The van der Waals surface area contributed by atoms with Gasteiger partial charge in [0.1, 0.15) is 11.3 Å². The normalized spacial score (nSPS) is 11.2. The number of nitro benzene ring substituents is 1. The van der Waals surface area contributed by atoms with E-state index < -0.39 is 57.0 Å². The van der Waals surface area contributed by atoms with Crippen LogP contribution in [0.5, 0.6) is 0 Å². The van der Waals surface area contributed by atoms with Gasteiger partial charge in [0.15, 0.2) is 5.82 Å². The third-order valence-corrected chi connectivity index (χ3v) is 4.25. The van der Waals surface area contributed by atoms with Gasteiger partial charge in [-0.1, -0.05) is 0 Å². The Labute approximate surface area is 150 Å². The van der Waals surface area contributed by atoms with Crippen molar-refractivity contribution in [1.82, 2.24) is 9.55 Å². The van der Waals surface area contributed by atoms with Crippen molar-refractivity contribution >= 4 is 39.3 Å². The number of hydrogen-bond donors (Lipinski definition) is 2. The molecule has 7 nitrogen and oxygen atoms in total. The number of aromatic nitrogens is 2. The highest BCUT2D eigenvalue weighted by Gasteiger charge is 2.31. The summed E-state index contributed by atoms with van der Waals surface area (Å²) in [6, 6.07) is 3.70. The van der Waals surface area contributed by atoms with Crippen LogP contribution in [0.1, 0.15) is 5.56 Å². The maximum atomic E-state index is 14.4. The number of H-pyrrole nitrogens is 1. The summed E-state index contributed by atoms with van der Waals surface area (Å²) in [7, 11) is 0. The Morgan fingerprint density at radius 2 is 1.96 bits per heavy atom. The lowest BCUT2D eigenvalue weighted by Crippen LogP contribution is -2.16. The SMILES string of the molecule is O=c1[nH]c2c(CO)c([N+](=O)[O-])c(F)c(F)c2n1-c1ccc(I)cc1F. The smallest absolute Gasteiger partial charge is 0.331 e. The van der Waals surface area contributed by atoms with E-state index in [1.165, 1.54) is 12.1 Å². The van der Waals surface area contributed by atoms with E-state index >= 15 is 0 Å². The topological polar surface area (TPSA) is 101 Å². The summed E-state index contributed by atoms with van der Waals surface area (Å²) in [5, 5.41) is 20.3. The zero-order valence-electron chi connectivity index (χ0n) is 12.0. The molecule has 0 radical (unpaired) electrons. The van der Waals surface area contributed by atoms with Crippen molar-refractivity contribution in [3.63, 3.8) is 0 Å². The lowest BCUT2D eigenvalue weighted by Gasteiger charge is -2.08. The number of benzene rings is 2. The maximum Gasteiger partial charge on any atom is 0.331 e. The van der Waals surface area contributed by atoms with Crippen LogP contribution in [-0.4, -0.2) is 19.6 Å². The number of nitrogens with one attached hydrogen (secondary N) is 1. The molecule has 0 aliphatic rings. The van der Waals surface area contributed by atoms with Crippen LogP contribution in [-0.2, 0) is 6.61 Å². The fourth-order valence-electron chi connectivity index (χ4n) is 2.56. The zero-order chi connectivity index (χ0) is 18.5. The minimum absolute atomic E-state index is 0.368. The number of nitrogens with zero attached hydrogens (tertiary/aromatic N) is 2. The first-order valence-corrected chi connectivity index (χ1v) is 7.71. The Kier molecular flexibility index (Phi) is 4.28. The monoisotopic (exact) mass is 465 g/mol. The molecule has 3 aromatic rings. The quantitative estimate of drug-likeness (QED) is 0.353. The number of hydrogen-bond acceptors (Lipinski definition) is 4. The Bertz CT molecular complexity index is 1090. The van der Waals surface area contributed by atoms with E-state index in [4.69, 9.17) is 0 Å². The molecule has 0 bridgehead atoms. The van der Waals surface area contributed by atoms with Gasteiger partial charge >= 0.3 is 11.4 Å². The molecule has 130 valence electrons. The molecule has 1 heterocycles. The molecule has 2 aromatic carbocycles. The summed E-state index contributed by atoms with van der Waals surface area (Å²) < 4.78 is 43.8. The van der Waals surface area contributed by atoms with Crippen molar-refractivity contribution < 1.29 is 23.2 Å². The molecule has 25 heavy (non-hydrogen) atoms. The second-order valence-corrected chi connectivity index (χ2v) is 6.20. The van der Waals surface area contributed by atoms with E-state index in [1.54, 1.807) is 0 Å². The fourth-order valence-corrected chi connectivity index (χ4v) is 3.01. The average Bonchev–Trinajstić information content (AvgIpc) is 2.87. The summed E-state index contributed by atoms with van der Waals surface area (Å²) in [6.07, 6.45) is 0. The van der Waals surface area contributed by atoms with E-state index in [0.717, 1.165) is 6.07 Å². The maximum absolute atomic E-state index is 14.4. The summed E-state index contributed by atoms with van der Waals surface area (Å²) in [6.45, 7) is -1.03. The standard InChI is InChI=1S/C14H7F3IN3O4/c15-7-3-5(18)1-2-8(7)20-13-10(17)9(16)12(21(24)25)6(4-22)11(13)19-14(20)23/h1-3,22H,4H2,(H,19,23). The molecule has 11 heteroatoms. The molecule has 0 spiro atoms. The number of nitro groups is 1. The minimum Gasteiger partial charge on any atom is -0.391 e. The molecule has 0 fully saturated rings. The molecule has 0 aliphatic heterocycles. The van der Waals surface area contributed by atoms with Gasteiger partial charge in [-0.05, 0) is 40.8 Å². The van der Waals surface area contributed by atoms with E-state index in [-0.39, 0.29) is 5.69 Å². The van der Waals surface area contributed by atoms with Gasteiger partial charge in [0.05, 0.1) is 28.3 Å². The highest BCUT2D eigenvalue weighted by Crippen LogP contribution is 2.33. The minimum atomic E-state index is -1.85. The van der Waals surface area contributed by atoms with Gasteiger partial charge in [-0.25, -0.2) is 13.6 Å². The van der Waals surface area contributed by atoms with Crippen LogP contribution in [0.25, 0.3) is 16.7 Å². The van der Waals surface area contributed by atoms with Gasteiger partial charge in [0.2, 0.25) is 5.82 Å². The Morgan fingerprint density at radius 1 is 1.28 bits per heavy atom. The third kappa shape index (κ3) is 2.59. The molecule has 2 N–H and O–H groups in total. The molecular weight excluding hydrogens is 458 g/mol. The lowest BCUT2D eigenvalue weighted by molar-refractivity contribution is -0.388. The number of rotatable bonds is 3. The van der Waals surface area contributed by atoms with Gasteiger partial charge in [-0.2, -0.15) is 4.39 Å². The first kappa shape index (κ1) is 17.4. The van der Waals surface area contributed by atoms with E-state index in [9.17, 15) is 33.2 Å². The second kappa shape index (κ2) is 6.15. The molecule has 0 aliphatic carbocycles. The van der Waals surface area contributed by atoms with Crippen molar-refractivity contribution in [3.8, 4) is 5.69 Å². The number of aliphatic hydroxyl groups is 1. The van der Waals surface area contributed by atoms with Gasteiger partial charge in [0.25, 0.3) is 0 Å². The largest absolute Gasteiger partial charge is 0.391 e. The predicted molar refractivity (Wildman–Crippen MR) is 89.1 cm³/mol. The van der Waals surface area contributed by atoms with Crippen LogP contribution in [0.3, 0.4) is 0 Å². The molecule has 0 unspecified atom stereocenters. The fraction of sp³-hybridized carbons (Fsp3) is 0.0714. The van der Waals surface area contributed by atoms with Crippen molar-refractivity contribution in [3.05, 3.63) is 65.4 Å². The van der Waals surface area contributed by atoms with Gasteiger partial charge < -0.3 is 10.1 Å². The number of halogens is 4. The molecule has 0 amide bonds. The Morgan fingerprint density at radius 3 is 2.52 bits per heavy atom. The predicted octanol–water partition coefficient (Wildman–Crippen LogP) is 2.74. The summed E-state index contributed by atoms with van der Waals surface area (Å²) in [5.74, 6) is -4.42. The molecule has 3 rings (SSSR count). The number of aliphatic hydroxyl groups excluding tert-OH is 1. The van der Waals surface area contributed by atoms with Crippen LogP contribution in [0.15, 0.2) is 23.0 Å². The molecule has 0 saturated carbocycles. The van der Waals surface area contributed by atoms with Crippen LogP contribution >= 0.6 is 22.6 Å². The second-order valence-electron chi connectivity index (χ2n) is 4.96. The van der Waals surface area contributed by atoms with Gasteiger partial charge in [-0.15, -0.1) is 0 Å². The number of aromatic amines is 1. The lowest BCUT2D eigenvalue weighted by atomic mass is 10.1. The molecule has 1 aromatic heterocycles. The van der Waals surface area contributed by atoms with Crippen LogP contribution in [0, 0.1) is 31.1 Å². The number of imidazole rings is 1. The highest BCUT2D eigenvalue weighted by molar-refractivity contribution is 14.1. The van der Waals surface area contributed by atoms with Gasteiger partial charge in [-0.3, -0.25) is 14.7 Å². The molecule has 0 atom stereocenters. The molecule has 0 saturated heterocycles. The summed E-state index contributed by atoms with van der Waals surface area (Å²) in [4.78, 5) is 24.1. The third-order valence-electron chi connectivity index (χ3n) is 3.58. The van der Waals surface area contributed by atoms with E-state index in [2.05, 4.69) is 4.98 Å². The van der Waals surface area contributed by atoms with Crippen LogP contribution < -0.4 is 5.69 Å². The Balaban J connectivity index is 2.52. The van der Waals surface area contributed by atoms with Crippen LogP contribution in [0.4, 0.5) is 18.9 Å². The Hall–Kier alpha value is -2.41. The zero-order valence-corrected chi connectivity index (χ0v) is 14.2. The first-order chi connectivity index (χ1) is 11.8. The van der Waals surface area contributed by atoms with Gasteiger partial charge in [0, 0.05) is 3.57 Å².